The zero-order valence-electron chi connectivity index (χ0n) is 16.2. The molecule has 0 fully saturated rings. The van der Waals surface area contributed by atoms with E-state index in [1.165, 1.54) is 29.3 Å². The van der Waals surface area contributed by atoms with Gasteiger partial charge in [-0.3, -0.25) is 9.98 Å². The second-order valence-corrected chi connectivity index (χ2v) is 10.3. The fourth-order valence-electron chi connectivity index (χ4n) is 2.66. The Kier molecular flexibility index (Phi) is 6.39. The number of hydrogen-bond donors (Lipinski definition) is 0. The highest BCUT2D eigenvalue weighted by Gasteiger charge is 1.99. The van der Waals surface area contributed by atoms with E-state index >= 15 is 0 Å². The van der Waals surface area contributed by atoms with Crippen LogP contribution in [0.2, 0.25) is 0 Å². The van der Waals surface area contributed by atoms with Gasteiger partial charge in [0.1, 0.15) is 0 Å². The van der Waals surface area contributed by atoms with Crippen LogP contribution in [0.5, 0.6) is 0 Å². The summed E-state index contributed by atoms with van der Waals surface area (Å²) in [5.41, 5.74) is 1.93. The number of benzene rings is 2. The maximum Gasteiger partial charge on any atom is 0.0631 e. The molecular formula is C24H20N2S3. The van der Waals surface area contributed by atoms with Gasteiger partial charge in [-0.1, -0.05) is 11.8 Å². The number of thiophene rings is 2. The van der Waals surface area contributed by atoms with E-state index in [-0.39, 0.29) is 0 Å². The third-order valence-electron chi connectivity index (χ3n) is 4.11. The van der Waals surface area contributed by atoms with Gasteiger partial charge in [-0.25, -0.2) is 0 Å². The Labute approximate surface area is 183 Å². The Balaban J connectivity index is 1.36. The summed E-state index contributed by atoms with van der Waals surface area (Å²) in [6.45, 7) is 4.22. The summed E-state index contributed by atoms with van der Waals surface area (Å²) in [6, 6.07) is 25.1. The Bertz CT molecular complexity index is 1040. The molecular weight excluding hydrogens is 412 g/mol. The minimum atomic E-state index is 0.967. The fraction of sp³-hybridized carbons (Fsp3) is 0.0833. The Morgan fingerprint density at radius 3 is 1.34 bits per heavy atom. The maximum atomic E-state index is 4.56. The maximum absolute atomic E-state index is 4.56. The number of rotatable bonds is 6. The third kappa shape index (κ3) is 5.76. The molecule has 0 saturated carbocycles. The first kappa shape index (κ1) is 19.8. The molecule has 0 aliphatic rings. The van der Waals surface area contributed by atoms with Gasteiger partial charge >= 0.3 is 0 Å². The van der Waals surface area contributed by atoms with Crippen molar-refractivity contribution in [2.24, 2.45) is 9.98 Å². The molecule has 0 N–H and O–H groups in total. The van der Waals surface area contributed by atoms with Crippen molar-refractivity contribution in [2.75, 3.05) is 0 Å². The van der Waals surface area contributed by atoms with Crippen molar-refractivity contribution >= 4 is 58.2 Å². The second-order valence-electron chi connectivity index (χ2n) is 6.50. The molecule has 2 aromatic carbocycles. The van der Waals surface area contributed by atoms with Gasteiger partial charge in [-0.2, -0.15) is 0 Å². The minimum Gasteiger partial charge on any atom is -0.255 e. The lowest BCUT2D eigenvalue weighted by atomic mass is 10.3. The number of nitrogens with zero attached hydrogens (tertiary/aromatic N) is 2. The lowest BCUT2D eigenvalue weighted by Crippen LogP contribution is -1.76. The summed E-state index contributed by atoms with van der Waals surface area (Å²) >= 11 is 5.25. The minimum absolute atomic E-state index is 0.967. The van der Waals surface area contributed by atoms with Crippen LogP contribution < -0.4 is 0 Å². The van der Waals surface area contributed by atoms with Crippen molar-refractivity contribution in [2.45, 2.75) is 23.6 Å². The van der Waals surface area contributed by atoms with Gasteiger partial charge in [0.25, 0.3) is 0 Å². The molecule has 29 heavy (non-hydrogen) atoms. The SMILES string of the molecule is Cc1ccc(C=Nc2ccc(Sc3ccc(N=Cc4ccc(C)s4)cc3)cc2)s1. The molecule has 0 saturated heterocycles. The molecule has 2 nitrogen and oxygen atoms in total. The molecule has 144 valence electrons. The summed E-state index contributed by atoms with van der Waals surface area (Å²) in [7, 11) is 0. The highest BCUT2D eigenvalue weighted by atomic mass is 32.2. The quantitative estimate of drug-likeness (QED) is 0.283. The van der Waals surface area contributed by atoms with E-state index in [2.05, 4.69) is 96.6 Å². The molecule has 4 rings (SSSR count). The average Bonchev–Trinajstić information content (AvgIpc) is 3.35. The zero-order chi connectivity index (χ0) is 20.1. The summed E-state index contributed by atoms with van der Waals surface area (Å²) in [4.78, 5) is 16.5. The summed E-state index contributed by atoms with van der Waals surface area (Å²) in [5.74, 6) is 0. The summed E-state index contributed by atoms with van der Waals surface area (Å²) in [5, 5.41) is 0. The van der Waals surface area contributed by atoms with Crippen LogP contribution in [0.3, 0.4) is 0 Å². The highest BCUT2D eigenvalue weighted by molar-refractivity contribution is 7.99. The molecule has 0 aliphatic heterocycles. The normalized spacial score (nSPS) is 11.7. The second kappa shape index (κ2) is 9.35. The highest BCUT2D eigenvalue weighted by Crippen LogP contribution is 2.30. The molecule has 2 aromatic heterocycles. The summed E-state index contributed by atoms with van der Waals surface area (Å²) < 4.78 is 0. The lowest BCUT2D eigenvalue weighted by molar-refractivity contribution is 1.38. The van der Waals surface area contributed by atoms with Crippen molar-refractivity contribution in [1.82, 2.24) is 0 Å². The van der Waals surface area contributed by atoms with Crippen molar-refractivity contribution in [3.63, 3.8) is 0 Å². The molecule has 0 aliphatic carbocycles. The first-order valence-electron chi connectivity index (χ1n) is 9.23. The Morgan fingerprint density at radius 2 is 1.00 bits per heavy atom. The molecule has 0 atom stereocenters. The molecule has 2 heterocycles. The Hall–Kier alpha value is -2.47. The van der Waals surface area contributed by atoms with E-state index in [0.717, 1.165) is 11.4 Å². The lowest BCUT2D eigenvalue weighted by Gasteiger charge is -2.03. The van der Waals surface area contributed by atoms with E-state index in [4.69, 9.17) is 0 Å². The van der Waals surface area contributed by atoms with Crippen LogP contribution >= 0.6 is 34.4 Å². The van der Waals surface area contributed by atoms with Crippen LogP contribution in [0.4, 0.5) is 11.4 Å². The number of aliphatic imine (C=N–C) groups is 2. The van der Waals surface area contributed by atoms with Gasteiger partial charge in [0.05, 0.1) is 11.4 Å². The van der Waals surface area contributed by atoms with Crippen LogP contribution in [-0.4, -0.2) is 12.4 Å². The van der Waals surface area contributed by atoms with Crippen LogP contribution in [-0.2, 0) is 0 Å². The van der Waals surface area contributed by atoms with Gasteiger partial charge in [-0.05, 0) is 86.6 Å². The van der Waals surface area contributed by atoms with Gasteiger partial charge in [0, 0.05) is 41.7 Å². The van der Waals surface area contributed by atoms with Crippen LogP contribution in [0.25, 0.3) is 0 Å². The average molecular weight is 433 g/mol. The predicted octanol–water partition coefficient (Wildman–Crippen LogP) is 8.08. The smallest absolute Gasteiger partial charge is 0.0631 e. The fourth-order valence-corrected chi connectivity index (χ4v) is 4.97. The predicted molar refractivity (Wildman–Crippen MR) is 130 cm³/mol. The van der Waals surface area contributed by atoms with Gasteiger partial charge in [0.15, 0.2) is 0 Å². The third-order valence-corrected chi connectivity index (χ3v) is 7.00. The Morgan fingerprint density at radius 1 is 0.586 bits per heavy atom. The van der Waals surface area contributed by atoms with Crippen molar-refractivity contribution in [3.05, 3.63) is 92.3 Å². The first-order chi connectivity index (χ1) is 14.1. The van der Waals surface area contributed by atoms with Crippen molar-refractivity contribution < 1.29 is 0 Å². The van der Waals surface area contributed by atoms with Crippen molar-refractivity contribution in [3.8, 4) is 0 Å². The molecule has 0 unspecified atom stereocenters. The standard InChI is InChI=1S/C24H20N2S3/c1-17-3-9-23(27-17)15-25-19-5-11-21(12-6-19)29-22-13-7-20(8-14-22)26-16-24-10-4-18(2)28-24/h3-16H,1-2H3. The largest absolute Gasteiger partial charge is 0.255 e. The summed E-state index contributed by atoms with van der Waals surface area (Å²) in [6.07, 6.45) is 3.85. The van der Waals surface area contributed by atoms with E-state index in [9.17, 15) is 0 Å². The van der Waals surface area contributed by atoms with Gasteiger partial charge in [0.2, 0.25) is 0 Å². The van der Waals surface area contributed by atoms with Crippen LogP contribution in [0.15, 0.2) is 92.6 Å². The van der Waals surface area contributed by atoms with E-state index in [0.29, 0.717) is 0 Å². The zero-order valence-corrected chi connectivity index (χ0v) is 18.7. The van der Waals surface area contributed by atoms with Crippen molar-refractivity contribution in [1.29, 1.82) is 0 Å². The molecule has 0 amide bonds. The monoisotopic (exact) mass is 432 g/mol. The topological polar surface area (TPSA) is 24.7 Å². The van der Waals surface area contributed by atoms with Gasteiger partial charge in [-0.15, -0.1) is 22.7 Å². The van der Waals surface area contributed by atoms with Gasteiger partial charge < -0.3 is 0 Å². The van der Waals surface area contributed by atoms with Crippen LogP contribution in [0, 0.1) is 13.8 Å². The first-order valence-corrected chi connectivity index (χ1v) is 11.7. The number of hydrogen-bond acceptors (Lipinski definition) is 5. The van der Waals surface area contributed by atoms with E-state index in [1.807, 2.05) is 12.4 Å². The molecule has 0 bridgehead atoms. The van der Waals surface area contributed by atoms with Crippen LogP contribution in [0.1, 0.15) is 19.5 Å². The molecule has 0 spiro atoms. The van der Waals surface area contributed by atoms with E-state index in [1.54, 1.807) is 34.4 Å². The molecule has 0 radical (unpaired) electrons. The number of aryl methyl sites for hydroxylation is 2. The molecule has 5 heteroatoms. The molecule has 4 aromatic rings. The van der Waals surface area contributed by atoms with E-state index < -0.39 is 0 Å².